The van der Waals surface area contributed by atoms with Crippen LogP contribution < -0.4 is 15.9 Å². The lowest BCUT2D eigenvalue weighted by Gasteiger charge is -2.10. The molecule has 2 heterocycles. The average Bonchev–Trinajstić information content (AvgIpc) is 2.50. The molecule has 124 valence electrons. The molecule has 0 spiro atoms. The molecule has 0 aliphatic heterocycles. The van der Waals surface area contributed by atoms with E-state index in [9.17, 15) is 9.59 Å². The van der Waals surface area contributed by atoms with E-state index in [0.717, 1.165) is 10.9 Å². The third kappa shape index (κ3) is 3.22. The average molecular weight is 326 g/mol. The Labute approximate surface area is 138 Å². The van der Waals surface area contributed by atoms with Gasteiger partial charge in [-0.05, 0) is 30.5 Å². The molecule has 0 aliphatic carbocycles. The van der Waals surface area contributed by atoms with Gasteiger partial charge < -0.3 is 13.7 Å². The van der Waals surface area contributed by atoms with E-state index < -0.39 is 5.63 Å². The van der Waals surface area contributed by atoms with Crippen LogP contribution in [0, 0.1) is 12.8 Å². The number of ether oxygens (including phenoxy) is 1. The molecule has 0 amide bonds. The summed E-state index contributed by atoms with van der Waals surface area (Å²) < 4.78 is 12.4. The Kier molecular flexibility index (Phi) is 4.20. The molecule has 1 aromatic carbocycles. The Morgan fingerprint density at radius 1 is 1.25 bits per heavy atom. The summed E-state index contributed by atoms with van der Waals surface area (Å²) in [6.45, 7) is 6.48. The molecule has 0 bridgehead atoms. The minimum absolute atomic E-state index is 0.00694. The van der Waals surface area contributed by atoms with Gasteiger partial charge in [0.25, 0.3) is 5.88 Å². The summed E-state index contributed by atoms with van der Waals surface area (Å²) in [6, 6.07) is 6.53. The highest BCUT2D eigenvalue weighted by Gasteiger charge is 2.10. The molecular weight excluding hydrogens is 308 g/mol. The molecule has 3 rings (SSSR count). The van der Waals surface area contributed by atoms with Crippen molar-refractivity contribution in [3.05, 3.63) is 63.0 Å². The second-order valence-corrected chi connectivity index (χ2v) is 6.09. The summed E-state index contributed by atoms with van der Waals surface area (Å²) in [5.74, 6) is 0.714. The summed E-state index contributed by atoms with van der Waals surface area (Å²) >= 11 is 0. The van der Waals surface area contributed by atoms with E-state index >= 15 is 0 Å². The molecule has 6 heteroatoms. The highest BCUT2D eigenvalue weighted by Crippen LogP contribution is 2.24. The van der Waals surface area contributed by atoms with Gasteiger partial charge in [-0.2, -0.15) is 0 Å². The fourth-order valence-electron chi connectivity index (χ4n) is 2.51. The van der Waals surface area contributed by atoms with Crippen molar-refractivity contribution in [1.29, 1.82) is 0 Å². The summed E-state index contributed by atoms with van der Waals surface area (Å²) in [5.41, 5.74) is 0.520. The van der Waals surface area contributed by atoms with Crippen LogP contribution in [0.1, 0.15) is 19.4 Å². The van der Waals surface area contributed by atoms with Crippen LogP contribution in [0.5, 0.6) is 11.6 Å². The highest BCUT2D eigenvalue weighted by atomic mass is 16.5. The van der Waals surface area contributed by atoms with E-state index in [4.69, 9.17) is 9.15 Å². The molecule has 0 N–H and O–H groups in total. The van der Waals surface area contributed by atoms with Crippen LogP contribution >= 0.6 is 0 Å². The van der Waals surface area contributed by atoms with Crippen molar-refractivity contribution in [2.45, 2.75) is 27.3 Å². The Morgan fingerprint density at radius 2 is 2.04 bits per heavy atom. The zero-order chi connectivity index (χ0) is 17.3. The zero-order valence-corrected chi connectivity index (χ0v) is 13.8. The van der Waals surface area contributed by atoms with Crippen molar-refractivity contribution in [2.24, 2.45) is 5.92 Å². The molecule has 0 aliphatic rings. The third-order valence-electron chi connectivity index (χ3n) is 3.58. The van der Waals surface area contributed by atoms with Crippen LogP contribution in [-0.4, -0.2) is 9.55 Å². The first kappa shape index (κ1) is 16.0. The quantitative estimate of drug-likeness (QED) is 0.689. The van der Waals surface area contributed by atoms with Gasteiger partial charge in [0, 0.05) is 36.5 Å². The summed E-state index contributed by atoms with van der Waals surface area (Å²) in [4.78, 5) is 27.9. The Bertz CT molecular complexity index is 1000. The van der Waals surface area contributed by atoms with Gasteiger partial charge in [0.15, 0.2) is 0 Å². The maximum absolute atomic E-state index is 12.4. The minimum Gasteiger partial charge on any atom is -0.435 e. The molecule has 24 heavy (non-hydrogen) atoms. The summed E-state index contributed by atoms with van der Waals surface area (Å²) in [5, 5.41) is 0.820. The lowest BCUT2D eigenvalue weighted by atomic mass is 10.1. The van der Waals surface area contributed by atoms with Crippen molar-refractivity contribution < 1.29 is 9.15 Å². The number of aromatic nitrogens is 2. The topological polar surface area (TPSA) is 74.3 Å². The predicted molar refractivity (Wildman–Crippen MR) is 90.6 cm³/mol. The number of fused-ring (bicyclic) bond motifs is 1. The SMILES string of the molecule is Cc1cc(=O)oc2cc(Oc3nccn(CC(C)C)c3=O)ccc12. The molecule has 0 radical (unpaired) electrons. The van der Waals surface area contributed by atoms with Crippen molar-refractivity contribution in [3.63, 3.8) is 0 Å². The van der Waals surface area contributed by atoms with Gasteiger partial charge in [0.05, 0.1) is 0 Å². The maximum atomic E-state index is 12.4. The number of nitrogens with zero attached hydrogens (tertiary/aromatic N) is 2. The highest BCUT2D eigenvalue weighted by molar-refractivity contribution is 5.81. The van der Waals surface area contributed by atoms with Crippen molar-refractivity contribution >= 4 is 11.0 Å². The third-order valence-corrected chi connectivity index (χ3v) is 3.58. The van der Waals surface area contributed by atoms with Gasteiger partial charge in [-0.25, -0.2) is 9.78 Å². The number of hydrogen-bond acceptors (Lipinski definition) is 5. The fourth-order valence-corrected chi connectivity index (χ4v) is 2.51. The van der Waals surface area contributed by atoms with Crippen LogP contribution in [0.25, 0.3) is 11.0 Å². The molecule has 0 saturated heterocycles. The fraction of sp³-hybridized carbons (Fsp3) is 0.278. The number of aryl methyl sites for hydroxylation is 1. The summed E-state index contributed by atoms with van der Waals surface area (Å²) in [7, 11) is 0. The van der Waals surface area contributed by atoms with E-state index in [0.29, 0.717) is 23.8 Å². The van der Waals surface area contributed by atoms with E-state index in [-0.39, 0.29) is 11.4 Å². The van der Waals surface area contributed by atoms with Crippen LogP contribution in [0.15, 0.2) is 50.7 Å². The molecule has 3 aromatic rings. The van der Waals surface area contributed by atoms with E-state index in [1.54, 1.807) is 29.0 Å². The van der Waals surface area contributed by atoms with Crippen molar-refractivity contribution in [1.82, 2.24) is 9.55 Å². The molecule has 0 fully saturated rings. The lowest BCUT2D eigenvalue weighted by molar-refractivity contribution is 0.432. The zero-order valence-electron chi connectivity index (χ0n) is 13.8. The molecule has 2 aromatic heterocycles. The van der Waals surface area contributed by atoms with Crippen LogP contribution in [0.2, 0.25) is 0 Å². The Morgan fingerprint density at radius 3 is 2.79 bits per heavy atom. The van der Waals surface area contributed by atoms with Gasteiger partial charge in [-0.1, -0.05) is 13.8 Å². The molecule has 0 saturated carbocycles. The first-order valence-electron chi connectivity index (χ1n) is 7.72. The van der Waals surface area contributed by atoms with E-state index in [2.05, 4.69) is 4.98 Å². The Balaban J connectivity index is 1.98. The first-order valence-corrected chi connectivity index (χ1v) is 7.72. The van der Waals surface area contributed by atoms with Crippen molar-refractivity contribution in [3.8, 4) is 11.6 Å². The lowest BCUT2D eigenvalue weighted by Crippen LogP contribution is -2.23. The van der Waals surface area contributed by atoms with E-state index in [1.165, 1.54) is 12.3 Å². The molecule has 0 unspecified atom stereocenters. The minimum atomic E-state index is -0.422. The Hall–Kier alpha value is -2.89. The standard InChI is InChI=1S/C18H18N2O4/c1-11(2)10-20-7-6-19-17(18(20)22)23-13-4-5-14-12(3)8-16(21)24-15(14)9-13/h4-9,11H,10H2,1-3H3. The molecule has 0 atom stereocenters. The van der Waals surface area contributed by atoms with Crippen LogP contribution in [-0.2, 0) is 6.54 Å². The van der Waals surface area contributed by atoms with Gasteiger partial charge in [0.1, 0.15) is 11.3 Å². The van der Waals surface area contributed by atoms with Gasteiger partial charge in [-0.3, -0.25) is 4.79 Å². The number of rotatable bonds is 4. The second-order valence-electron chi connectivity index (χ2n) is 6.09. The van der Waals surface area contributed by atoms with Gasteiger partial charge >= 0.3 is 11.2 Å². The predicted octanol–water partition coefficient (Wildman–Crippen LogP) is 3.11. The van der Waals surface area contributed by atoms with E-state index in [1.807, 2.05) is 20.8 Å². The molecular formula is C18H18N2O4. The normalized spacial score (nSPS) is 11.2. The summed E-state index contributed by atoms with van der Waals surface area (Å²) in [6.07, 6.45) is 3.17. The monoisotopic (exact) mass is 326 g/mol. The smallest absolute Gasteiger partial charge is 0.336 e. The first-order chi connectivity index (χ1) is 11.4. The van der Waals surface area contributed by atoms with Crippen molar-refractivity contribution in [2.75, 3.05) is 0 Å². The van der Waals surface area contributed by atoms with Crippen LogP contribution in [0.4, 0.5) is 0 Å². The van der Waals surface area contributed by atoms with Gasteiger partial charge in [0.2, 0.25) is 0 Å². The largest absolute Gasteiger partial charge is 0.435 e. The van der Waals surface area contributed by atoms with Gasteiger partial charge in [-0.15, -0.1) is 0 Å². The maximum Gasteiger partial charge on any atom is 0.336 e. The molecule has 6 nitrogen and oxygen atoms in total. The second kappa shape index (κ2) is 6.31. The number of hydrogen-bond donors (Lipinski definition) is 0. The number of benzene rings is 1. The van der Waals surface area contributed by atoms with Crippen LogP contribution in [0.3, 0.4) is 0 Å².